The van der Waals surface area contributed by atoms with Crippen molar-refractivity contribution in [2.45, 2.75) is 46.3 Å². The van der Waals surface area contributed by atoms with Crippen LogP contribution in [0.2, 0.25) is 6.32 Å². The topological polar surface area (TPSA) is 70.2 Å². The van der Waals surface area contributed by atoms with Crippen molar-refractivity contribution in [2.24, 2.45) is 11.8 Å². The van der Waals surface area contributed by atoms with Crippen molar-refractivity contribution in [1.82, 2.24) is 34.6 Å². The summed E-state index contributed by atoms with van der Waals surface area (Å²) in [7, 11) is 8.79. The average Bonchev–Trinajstić information content (AvgIpc) is 3.37. The van der Waals surface area contributed by atoms with E-state index in [1.807, 2.05) is 34.2 Å². The number of halogens is 3. The van der Waals surface area contributed by atoms with E-state index in [0.717, 1.165) is 37.0 Å². The standard InChI is InChI=1S/C17H27B2I2N8P2.BrH/c1-14(5-19(20)30)6-28-10-16(22-24-28)8-26-3-4-27(13-26)9-17-11-29(25-23-17)7-15(2)12-31(18)21;/h3-4,10-11,13-15H,5-9,12,30H2,1-2H3;1H/q+1;/p-1. The van der Waals surface area contributed by atoms with Crippen molar-refractivity contribution < 1.29 is 21.5 Å². The van der Waals surface area contributed by atoms with Crippen molar-refractivity contribution in [3.8, 4) is 0 Å². The lowest BCUT2D eigenvalue weighted by atomic mass is 9.91. The minimum Gasteiger partial charge on any atom is -1.00 e. The Hall–Kier alpha value is 0.420. The Morgan fingerprint density at radius 2 is 1.78 bits per heavy atom. The average molecular weight is 761 g/mol. The third-order valence-corrected chi connectivity index (χ3v) is 7.65. The first-order valence-electron chi connectivity index (χ1n) is 10.2. The third-order valence-electron chi connectivity index (χ3n) is 4.72. The highest BCUT2D eigenvalue weighted by molar-refractivity contribution is 14.2. The Labute approximate surface area is 231 Å². The second-order valence-corrected chi connectivity index (χ2v) is 16.8. The molecule has 0 bridgehead atoms. The zero-order valence-electron chi connectivity index (χ0n) is 18.2. The SMILES string of the molecule is [B]P(I)CC(C)Cn1cc(C[n+]2ccn(Cc3cn(CC(C)CB(P)I)nn3)c2)nn1.[Br-]. The maximum absolute atomic E-state index is 5.94. The van der Waals surface area contributed by atoms with Crippen molar-refractivity contribution in [3.63, 3.8) is 0 Å². The second-order valence-electron chi connectivity index (χ2n) is 8.17. The predicted molar refractivity (Wildman–Crippen MR) is 147 cm³/mol. The molecule has 0 saturated heterocycles. The first kappa shape index (κ1) is 28.7. The van der Waals surface area contributed by atoms with Gasteiger partial charge in [0.25, 0.3) is 0 Å². The van der Waals surface area contributed by atoms with Crippen LogP contribution in [0, 0.1) is 11.8 Å². The molecule has 172 valence electrons. The summed E-state index contributed by atoms with van der Waals surface area (Å²) >= 11 is 4.76. The molecule has 4 unspecified atom stereocenters. The Morgan fingerprint density at radius 1 is 1.16 bits per heavy atom. The zero-order valence-corrected chi connectivity index (χ0v) is 26.1. The fraction of sp³-hybridized carbons (Fsp3) is 0.588. The van der Waals surface area contributed by atoms with Gasteiger partial charge in [-0.25, -0.2) is 9.13 Å². The maximum atomic E-state index is 5.94. The third kappa shape index (κ3) is 9.96. The monoisotopic (exact) mass is 760 g/mol. The summed E-state index contributed by atoms with van der Waals surface area (Å²) in [6, 6.07) is 0. The van der Waals surface area contributed by atoms with Crippen LogP contribution >= 0.6 is 59.0 Å². The van der Waals surface area contributed by atoms with Crippen molar-refractivity contribution >= 4 is 70.8 Å². The van der Waals surface area contributed by atoms with E-state index >= 15 is 0 Å². The molecular weight excluding hydrogens is 734 g/mol. The van der Waals surface area contributed by atoms with Crippen molar-refractivity contribution in [2.75, 3.05) is 6.16 Å². The Kier molecular flexibility index (Phi) is 12.6. The van der Waals surface area contributed by atoms with E-state index in [1.165, 1.54) is 0 Å². The normalized spacial score (nSPS) is 14.0. The van der Waals surface area contributed by atoms with Gasteiger partial charge in [0.2, 0.25) is 10.6 Å². The van der Waals surface area contributed by atoms with Gasteiger partial charge in [-0.3, -0.25) is 9.36 Å². The van der Waals surface area contributed by atoms with Gasteiger partial charge in [0, 0.05) is 13.1 Å². The van der Waals surface area contributed by atoms with Crippen LogP contribution in [0.15, 0.2) is 31.1 Å². The summed E-state index contributed by atoms with van der Waals surface area (Å²) in [5.41, 5.74) is 1.50. The summed E-state index contributed by atoms with van der Waals surface area (Å²) in [5, 5.41) is 17.2. The molecule has 4 atom stereocenters. The minimum atomic E-state index is -0.405. The van der Waals surface area contributed by atoms with Gasteiger partial charge < -0.3 is 17.0 Å². The molecule has 0 aliphatic carbocycles. The molecule has 0 aliphatic rings. The molecule has 0 saturated carbocycles. The molecule has 0 aliphatic heterocycles. The molecule has 3 aromatic rings. The second kappa shape index (κ2) is 14.1. The van der Waals surface area contributed by atoms with E-state index in [9.17, 15) is 0 Å². The Balaban J connectivity index is 0.00000363. The van der Waals surface area contributed by atoms with Gasteiger partial charge in [-0.2, -0.15) is 9.12 Å². The molecule has 32 heavy (non-hydrogen) atoms. The number of aromatic nitrogens is 8. The molecule has 0 N–H and O–H groups in total. The van der Waals surface area contributed by atoms with E-state index in [-0.39, 0.29) is 17.0 Å². The zero-order chi connectivity index (χ0) is 22.4. The molecular formula is C17H27B2BrI2N8P2. The van der Waals surface area contributed by atoms with Crippen LogP contribution in [0.4, 0.5) is 0 Å². The van der Waals surface area contributed by atoms with Crippen molar-refractivity contribution in [1.29, 1.82) is 0 Å². The lowest BCUT2D eigenvalue weighted by Gasteiger charge is -2.12. The van der Waals surface area contributed by atoms with E-state index in [0.29, 0.717) is 29.2 Å². The van der Waals surface area contributed by atoms with Gasteiger partial charge in [-0.1, -0.05) is 58.1 Å². The van der Waals surface area contributed by atoms with Gasteiger partial charge in [0.1, 0.15) is 44.4 Å². The molecule has 0 fully saturated rings. The van der Waals surface area contributed by atoms with E-state index in [2.05, 4.69) is 103 Å². The molecule has 3 aromatic heterocycles. The highest BCUT2D eigenvalue weighted by Gasteiger charge is 2.14. The molecule has 0 aromatic carbocycles. The fourth-order valence-corrected chi connectivity index (χ4v) is 7.51. The quantitative estimate of drug-likeness (QED) is 0.113. The highest BCUT2D eigenvalue weighted by atomic mass is 127. The van der Waals surface area contributed by atoms with Crippen LogP contribution in [-0.4, -0.2) is 52.6 Å². The van der Waals surface area contributed by atoms with Gasteiger partial charge in [0.05, 0.1) is 12.4 Å². The first-order chi connectivity index (χ1) is 14.8. The number of hydrogen-bond acceptors (Lipinski definition) is 4. The number of imidazole rings is 1. The highest BCUT2D eigenvalue weighted by Crippen LogP contribution is 2.41. The maximum Gasteiger partial charge on any atom is 0.244 e. The van der Waals surface area contributed by atoms with Crippen LogP contribution < -0.4 is 21.5 Å². The van der Waals surface area contributed by atoms with Crippen LogP contribution in [-0.2, 0) is 26.2 Å². The van der Waals surface area contributed by atoms with E-state index in [4.69, 9.17) is 7.57 Å². The van der Waals surface area contributed by atoms with E-state index in [1.54, 1.807) is 0 Å². The first-order valence-corrected chi connectivity index (χ1v) is 16.5. The molecule has 0 spiro atoms. The van der Waals surface area contributed by atoms with E-state index < -0.39 is 5.44 Å². The van der Waals surface area contributed by atoms with Gasteiger partial charge >= 0.3 is 0 Å². The Bertz CT molecular complexity index is 882. The Morgan fingerprint density at radius 3 is 2.44 bits per heavy atom. The molecule has 8 nitrogen and oxygen atoms in total. The summed E-state index contributed by atoms with van der Waals surface area (Å²) < 4.78 is 8.67. The lowest BCUT2D eigenvalue weighted by Crippen LogP contribution is -3.00. The number of hydrogen-bond donors (Lipinski definition) is 0. The molecule has 2 radical (unpaired) electrons. The van der Waals surface area contributed by atoms with Gasteiger partial charge in [-0.15, -0.1) is 32.6 Å². The largest absolute Gasteiger partial charge is 1.00 e. The lowest BCUT2D eigenvalue weighted by molar-refractivity contribution is -0.688. The molecule has 0 amide bonds. The minimum absolute atomic E-state index is 0. The molecule has 3 heterocycles. The predicted octanol–water partition coefficient (Wildman–Crippen LogP) is 0.0451. The van der Waals surface area contributed by atoms with Gasteiger partial charge in [-0.05, 0) is 18.0 Å². The number of nitrogens with zero attached hydrogens (tertiary/aromatic N) is 8. The smallest absolute Gasteiger partial charge is 0.244 e. The van der Waals surface area contributed by atoms with Crippen molar-refractivity contribution in [3.05, 3.63) is 42.5 Å². The molecule has 3 rings (SSSR count). The summed E-state index contributed by atoms with van der Waals surface area (Å²) in [4.78, 5) is 0. The number of rotatable bonds is 12. The fourth-order valence-electron chi connectivity index (χ4n) is 3.45. The van der Waals surface area contributed by atoms with Crippen LogP contribution in [0.1, 0.15) is 25.2 Å². The summed E-state index contributed by atoms with van der Waals surface area (Å²) in [6.07, 6.45) is 12.4. The van der Waals surface area contributed by atoms with Gasteiger partial charge in [0.15, 0.2) is 0 Å². The van der Waals surface area contributed by atoms with Crippen LogP contribution in [0.25, 0.3) is 0 Å². The van der Waals surface area contributed by atoms with Crippen LogP contribution in [0.3, 0.4) is 0 Å². The summed E-state index contributed by atoms with van der Waals surface area (Å²) in [6.45, 7) is 7.59. The molecule has 15 heteroatoms. The summed E-state index contributed by atoms with van der Waals surface area (Å²) in [5.74, 6) is 1.06. The van der Waals surface area contributed by atoms with Crippen LogP contribution in [0.5, 0.6) is 0 Å².